The highest BCUT2D eigenvalue weighted by Crippen LogP contribution is 2.29. The van der Waals surface area contributed by atoms with Crippen molar-refractivity contribution < 1.29 is 14.6 Å². The SMILES string of the molecule is COCCN(C(C)COC)C(C)c1ccccc1O. The molecule has 4 nitrogen and oxygen atoms in total. The minimum atomic E-state index is 0.112. The molecule has 0 aliphatic heterocycles. The number of para-hydroxylation sites is 1. The zero-order chi connectivity index (χ0) is 14.3. The summed E-state index contributed by atoms with van der Waals surface area (Å²) in [5, 5.41) is 9.98. The van der Waals surface area contributed by atoms with Gasteiger partial charge in [0.2, 0.25) is 0 Å². The van der Waals surface area contributed by atoms with Crippen LogP contribution < -0.4 is 0 Å². The maximum absolute atomic E-state index is 9.98. The van der Waals surface area contributed by atoms with Gasteiger partial charge in [-0.3, -0.25) is 4.90 Å². The van der Waals surface area contributed by atoms with Crippen LogP contribution in [0.5, 0.6) is 5.75 Å². The summed E-state index contributed by atoms with van der Waals surface area (Å²) in [6.45, 7) is 6.33. The average molecular weight is 267 g/mol. The molecule has 2 atom stereocenters. The summed E-state index contributed by atoms with van der Waals surface area (Å²) >= 11 is 0. The lowest BCUT2D eigenvalue weighted by Crippen LogP contribution is -2.40. The predicted octanol–water partition coefficient (Wildman–Crippen LogP) is 2.44. The number of nitrogens with zero attached hydrogens (tertiary/aromatic N) is 1. The fourth-order valence-corrected chi connectivity index (χ4v) is 2.35. The van der Waals surface area contributed by atoms with Crippen molar-refractivity contribution in [3.8, 4) is 5.75 Å². The Morgan fingerprint density at radius 1 is 1.16 bits per heavy atom. The molecule has 0 aliphatic carbocycles. The van der Waals surface area contributed by atoms with Crippen molar-refractivity contribution in [1.82, 2.24) is 4.90 Å². The van der Waals surface area contributed by atoms with Gasteiger partial charge in [-0.2, -0.15) is 0 Å². The smallest absolute Gasteiger partial charge is 0.120 e. The molecule has 1 aromatic carbocycles. The van der Waals surface area contributed by atoms with E-state index in [-0.39, 0.29) is 12.1 Å². The van der Waals surface area contributed by atoms with Crippen molar-refractivity contribution in [3.63, 3.8) is 0 Å². The van der Waals surface area contributed by atoms with Gasteiger partial charge >= 0.3 is 0 Å². The molecule has 1 aromatic rings. The molecule has 0 radical (unpaired) electrons. The first-order chi connectivity index (χ1) is 9.11. The largest absolute Gasteiger partial charge is 0.508 e. The predicted molar refractivity (Wildman–Crippen MR) is 76.4 cm³/mol. The van der Waals surface area contributed by atoms with Gasteiger partial charge in [0.1, 0.15) is 5.75 Å². The highest BCUT2D eigenvalue weighted by Gasteiger charge is 2.22. The molecule has 0 aromatic heterocycles. The van der Waals surface area contributed by atoms with E-state index in [0.29, 0.717) is 19.0 Å². The number of hydrogen-bond acceptors (Lipinski definition) is 4. The number of phenols is 1. The van der Waals surface area contributed by atoms with E-state index in [0.717, 1.165) is 12.1 Å². The van der Waals surface area contributed by atoms with Gasteiger partial charge in [0.15, 0.2) is 0 Å². The van der Waals surface area contributed by atoms with E-state index in [4.69, 9.17) is 9.47 Å². The lowest BCUT2D eigenvalue weighted by Gasteiger charge is -2.34. The zero-order valence-corrected chi connectivity index (χ0v) is 12.3. The van der Waals surface area contributed by atoms with Crippen LogP contribution in [0, 0.1) is 0 Å². The first-order valence-electron chi connectivity index (χ1n) is 6.63. The second-order valence-corrected chi connectivity index (χ2v) is 4.77. The zero-order valence-electron chi connectivity index (χ0n) is 12.3. The highest BCUT2D eigenvalue weighted by atomic mass is 16.5. The van der Waals surface area contributed by atoms with Crippen LogP contribution in [0.25, 0.3) is 0 Å². The molecule has 4 heteroatoms. The minimum absolute atomic E-state index is 0.112. The van der Waals surface area contributed by atoms with Crippen molar-refractivity contribution in [2.75, 3.05) is 34.0 Å². The molecule has 0 amide bonds. The summed E-state index contributed by atoms with van der Waals surface area (Å²) in [5.74, 6) is 0.335. The second-order valence-electron chi connectivity index (χ2n) is 4.77. The molecule has 2 unspecified atom stereocenters. The van der Waals surface area contributed by atoms with Gasteiger partial charge in [-0.15, -0.1) is 0 Å². The van der Waals surface area contributed by atoms with Crippen LogP contribution >= 0.6 is 0 Å². The molecular formula is C15H25NO3. The Morgan fingerprint density at radius 2 is 1.84 bits per heavy atom. The third-order valence-corrected chi connectivity index (χ3v) is 3.41. The maximum Gasteiger partial charge on any atom is 0.120 e. The van der Waals surface area contributed by atoms with E-state index >= 15 is 0 Å². The number of phenolic OH excluding ortho intramolecular Hbond substituents is 1. The highest BCUT2D eigenvalue weighted by molar-refractivity contribution is 5.34. The van der Waals surface area contributed by atoms with Crippen LogP contribution in [0.3, 0.4) is 0 Å². The van der Waals surface area contributed by atoms with Crippen LogP contribution in [0.4, 0.5) is 0 Å². The van der Waals surface area contributed by atoms with Gasteiger partial charge in [0.25, 0.3) is 0 Å². The van der Waals surface area contributed by atoms with E-state index in [1.807, 2.05) is 18.2 Å². The number of ether oxygens (including phenoxy) is 2. The third kappa shape index (κ3) is 4.49. The summed E-state index contributed by atoms with van der Waals surface area (Å²) in [7, 11) is 3.40. The Morgan fingerprint density at radius 3 is 2.42 bits per heavy atom. The molecule has 0 spiro atoms. The van der Waals surface area contributed by atoms with Crippen LogP contribution in [-0.2, 0) is 9.47 Å². The lowest BCUT2D eigenvalue weighted by molar-refractivity contribution is 0.0508. The van der Waals surface area contributed by atoms with E-state index in [1.165, 1.54) is 0 Å². The molecule has 0 saturated carbocycles. The summed E-state index contributed by atoms with van der Waals surface area (Å²) in [5.41, 5.74) is 0.932. The van der Waals surface area contributed by atoms with E-state index in [1.54, 1.807) is 20.3 Å². The Labute approximate surface area is 115 Å². The third-order valence-electron chi connectivity index (χ3n) is 3.41. The second kappa shape index (κ2) is 8.15. The van der Waals surface area contributed by atoms with Crippen LogP contribution in [0.15, 0.2) is 24.3 Å². The first kappa shape index (κ1) is 16.0. The van der Waals surface area contributed by atoms with Crippen molar-refractivity contribution in [2.24, 2.45) is 0 Å². The van der Waals surface area contributed by atoms with Crippen LogP contribution in [0.2, 0.25) is 0 Å². The number of hydrogen-bond donors (Lipinski definition) is 1. The normalized spacial score (nSPS) is 14.6. The summed E-state index contributed by atoms with van der Waals surface area (Å²) in [6, 6.07) is 7.84. The number of benzene rings is 1. The molecule has 1 N–H and O–H groups in total. The molecule has 1 rings (SSSR count). The van der Waals surface area contributed by atoms with Gasteiger partial charge in [-0.25, -0.2) is 0 Å². The average Bonchev–Trinajstić information content (AvgIpc) is 2.39. The summed E-state index contributed by atoms with van der Waals surface area (Å²) in [6.07, 6.45) is 0. The quantitative estimate of drug-likeness (QED) is 0.785. The molecule has 0 heterocycles. The van der Waals surface area contributed by atoms with Crippen molar-refractivity contribution in [3.05, 3.63) is 29.8 Å². The first-order valence-corrected chi connectivity index (χ1v) is 6.63. The fourth-order valence-electron chi connectivity index (χ4n) is 2.35. The Hall–Kier alpha value is -1.10. The maximum atomic E-state index is 9.98. The van der Waals surface area contributed by atoms with Gasteiger partial charge in [0.05, 0.1) is 13.2 Å². The molecule has 19 heavy (non-hydrogen) atoms. The Kier molecular flexibility index (Phi) is 6.84. The number of rotatable bonds is 8. The lowest BCUT2D eigenvalue weighted by atomic mass is 10.0. The molecule has 0 aliphatic rings. The van der Waals surface area contributed by atoms with Gasteiger partial charge in [-0.1, -0.05) is 18.2 Å². The monoisotopic (exact) mass is 267 g/mol. The summed E-state index contributed by atoms with van der Waals surface area (Å²) < 4.78 is 10.4. The van der Waals surface area contributed by atoms with Crippen LogP contribution in [-0.4, -0.2) is 50.0 Å². The van der Waals surface area contributed by atoms with E-state index in [9.17, 15) is 5.11 Å². The van der Waals surface area contributed by atoms with Gasteiger partial charge in [-0.05, 0) is 19.9 Å². The van der Waals surface area contributed by atoms with Crippen molar-refractivity contribution in [2.45, 2.75) is 25.9 Å². The van der Waals surface area contributed by atoms with Crippen molar-refractivity contribution >= 4 is 0 Å². The Balaban J connectivity index is 2.86. The van der Waals surface area contributed by atoms with Gasteiger partial charge < -0.3 is 14.6 Å². The molecule has 0 saturated heterocycles. The summed E-state index contributed by atoms with van der Waals surface area (Å²) in [4.78, 5) is 2.28. The fraction of sp³-hybridized carbons (Fsp3) is 0.600. The number of methoxy groups -OCH3 is 2. The molecule has 108 valence electrons. The standard InChI is InChI=1S/C15H25NO3/c1-12(11-19-4)16(9-10-18-3)13(2)14-7-5-6-8-15(14)17/h5-8,12-13,17H,9-11H2,1-4H3. The van der Waals surface area contributed by atoms with E-state index < -0.39 is 0 Å². The minimum Gasteiger partial charge on any atom is -0.508 e. The topological polar surface area (TPSA) is 41.9 Å². The van der Waals surface area contributed by atoms with Crippen LogP contribution in [0.1, 0.15) is 25.5 Å². The Bertz CT molecular complexity index is 370. The van der Waals surface area contributed by atoms with Gasteiger partial charge in [0, 0.05) is 38.4 Å². The molecule has 0 fully saturated rings. The number of aromatic hydroxyl groups is 1. The molecule has 0 bridgehead atoms. The van der Waals surface area contributed by atoms with Crippen molar-refractivity contribution in [1.29, 1.82) is 0 Å². The molecular weight excluding hydrogens is 242 g/mol. The van der Waals surface area contributed by atoms with E-state index in [2.05, 4.69) is 18.7 Å².